The van der Waals surface area contributed by atoms with Gasteiger partial charge in [0, 0.05) is 22.3 Å². The van der Waals surface area contributed by atoms with Crippen molar-refractivity contribution in [1.29, 1.82) is 0 Å². The van der Waals surface area contributed by atoms with Crippen LogP contribution in [-0.4, -0.2) is 19.6 Å². The van der Waals surface area contributed by atoms with E-state index in [2.05, 4.69) is 25.9 Å². The Hall–Kier alpha value is -2.46. The minimum Gasteiger partial charge on any atom is -0.439 e. The summed E-state index contributed by atoms with van der Waals surface area (Å²) in [4.78, 5) is 7.35. The lowest BCUT2D eigenvalue weighted by Crippen LogP contribution is -2.17. The minimum absolute atomic E-state index is 0.283. The summed E-state index contributed by atoms with van der Waals surface area (Å²) in [7, 11) is 0. The Morgan fingerprint density at radius 3 is 2.48 bits per heavy atom. The van der Waals surface area contributed by atoms with Gasteiger partial charge in [-0.15, -0.1) is 0 Å². The Morgan fingerprint density at radius 2 is 1.89 bits per heavy atom. The van der Waals surface area contributed by atoms with Gasteiger partial charge in [0.25, 0.3) is 0 Å². The summed E-state index contributed by atoms with van der Waals surface area (Å²) in [5, 5.41) is 10.2. The van der Waals surface area contributed by atoms with E-state index in [4.69, 9.17) is 4.74 Å². The van der Waals surface area contributed by atoms with Crippen molar-refractivity contribution in [2.24, 2.45) is 0 Å². The highest BCUT2D eigenvalue weighted by Crippen LogP contribution is 2.37. The van der Waals surface area contributed by atoms with Crippen molar-refractivity contribution in [3.05, 3.63) is 70.6 Å². The van der Waals surface area contributed by atoms with Gasteiger partial charge >= 0.3 is 6.18 Å². The van der Waals surface area contributed by atoms with Crippen LogP contribution in [0, 0.1) is 5.95 Å². The molecular formula is C17H12BrF4N3O2. The molecule has 1 aromatic carbocycles. The molecule has 0 radical (unpaired) electrons. The quantitative estimate of drug-likeness (QED) is 0.577. The molecule has 0 amide bonds. The summed E-state index contributed by atoms with van der Waals surface area (Å²) in [6, 6.07) is 7.15. The number of rotatable bonds is 5. The highest BCUT2D eigenvalue weighted by Gasteiger charge is 2.36. The first-order valence-corrected chi connectivity index (χ1v) is 8.37. The van der Waals surface area contributed by atoms with Gasteiger partial charge < -0.3 is 14.4 Å². The second-order valence-electron chi connectivity index (χ2n) is 5.55. The molecule has 27 heavy (non-hydrogen) atoms. The van der Waals surface area contributed by atoms with Gasteiger partial charge in [-0.25, -0.2) is 9.97 Å². The molecule has 1 atom stereocenters. The van der Waals surface area contributed by atoms with Crippen LogP contribution in [0.3, 0.4) is 0 Å². The molecule has 10 heteroatoms. The van der Waals surface area contributed by atoms with Crippen molar-refractivity contribution in [3.63, 3.8) is 0 Å². The molecule has 3 aromatic rings. The Bertz CT molecular complexity index is 929. The summed E-state index contributed by atoms with van der Waals surface area (Å²) >= 11 is 3.24. The fraction of sp³-hybridized carbons (Fsp3) is 0.176. The molecule has 5 nitrogen and oxygen atoms in total. The smallest absolute Gasteiger partial charge is 0.417 e. The Labute approximate surface area is 159 Å². The van der Waals surface area contributed by atoms with E-state index >= 15 is 0 Å². The van der Waals surface area contributed by atoms with E-state index in [1.165, 1.54) is 0 Å². The number of aliphatic hydroxyl groups is 1. The zero-order valence-corrected chi connectivity index (χ0v) is 15.1. The van der Waals surface area contributed by atoms with E-state index in [0.29, 0.717) is 11.8 Å². The molecule has 0 saturated heterocycles. The standard InChI is InChI=1S/C17H12BrF4N3O2/c18-10-1-3-11(4-2-10)27-16-5-13(17(20,21)22)12(6-24-16)14(26)8-25-9-23-7-15(25)19/h1-7,9,14,26H,8H2. The fourth-order valence-corrected chi connectivity index (χ4v) is 2.62. The lowest BCUT2D eigenvalue weighted by Gasteiger charge is -2.18. The molecular weight excluding hydrogens is 434 g/mol. The van der Waals surface area contributed by atoms with E-state index in [9.17, 15) is 22.7 Å². The van der Waals surface area contributed by atoms with E-state index in [1.54, 1.807) is 24.3 Å². The minimum atomic E-state index is -4.76. The van der Waals surface area contributed by atoms with Gasteiger partial charge in [0.15, 0.2) is 0 Å². The number of ether oxygens (including phenoxy) is 1. The molecule has 0 spiro atoms. The molecule has 0 aliphatic rings. The molecule has 0 bridgehead atoms. The van der Waals surface area contributed by atoms with Gasteiger partial charge in [-0.1, -0.05) is 15.9 Å². The molecule has 0 saturated carbocycles. The van der Waals surface area contributed by atoms with Crippen LogP contribution in [-0.2, 0) is 12.7 Å². The molecule has 2 heterocycles. The van der Waals surface area contributed by atoms with Crippen LogP contribution in [0.4, 0.5) is 17.6 Å². The number of hydrogen-bond donors (Lipinski definition) is 1. The number of hydrogen-bond acceptors (Lipinski definition) is 4. The summed E-state index contributed by atoms with van der Waals surface area (Å²) in [5.74, 6) is -0.757. The van der Waals surface area contributed by atoms with Crippen LogP contribution in [0.25, 0.3) is 0 Å². The number of halogens is 5. The molecule has 2 aromatic heterocycles. The third kappa shape index (κ3) is 4.64. The number of aromatic nitrogens is 3. The van der Waals surface area contributed by atoms with Crippen LogP contribution < -0.4 is 4.74 Å². The molecule has 142 valence electrons. The van der Waals surface area contributed by atoms with Gasteiger partial charge in [-0.05, 0) is 24.3 Å². The summed E-state index contributed by atoms with van der Waals surface area (Å²) in [6.07, 6.45) is -3.56. The zero-order valence-electron chi connectivity index (χ0n) is 13.5. The number of alkyl halides is 3. The van der Waals surface area contributed by atoms with Gasteiger partial charge in [-0.3, -0.25) is 0 Å². The van der Waals surface area contributed by atoms with Gasteiger partial charge in [0.05, 0.1) is 30.7 Å². The average molecular weight is 446 g/mol. The topological polar surface area (TPSA) is 60.2 Å². The van der Waals surface area contributed by atoms with Crippen molar-refractivity contribution in [2.75, 3.05) is 0 Å². The van der Waals surface area contributed by atoms with Crippen LogP contribution >= 0.6 is 15.9 Å². The number of nitrogens with zero attached hydrogens (tertiary/aromatic N) is 3. The van der Waals surface area contributed by atoms with E-state index < -0.39 is 35.9 Å². The van der Waals surface area contributed by atoms with Crippen LogP contribution in [0.2, 0.25) is 0 Å². The van der Waals surface area contributed by atoms with Gasteiger partial charge in [0.1, 0.15) is 5.75 Å². The maximum absolute atomic E-state index is 13.4. The summed E-state index contributed by atoms with van der Waals surface area (Å²) in [5.41, 5.74) is -1.60. The maximum Gasteiger partial charge on any atom is 0.417 e. The molecule has 0 fully saturated rings. The Kier molecular flexibility index (Phi) is 5.47. The lowest BCUT2D eigenvalue weighted by molar-refractivity contribution is -0.139. The molecule has 0 aliphatic carbocycles. The second kappa shape index (κ2) is 7.65. The van der Waals surface area contributed by atoms with Gasteiger partial charge in [-0.2, -0.15) is 17.6 Å². The SMILES string of the molecule is OC(Cn1cncc1F)c1cnc(Oc2ccc(Br)cc2)cc1C(F)(F)F. The zero-order chi connectivity index (χ0) is 19.6. The van der Waals surface area contributed by atoms with Crippen molar-refractivity contribution in [2.45, 2.75) is 18.8 Å². The van der Waals surface area contributed by atoms with Crippen molar-refractivity contribution in [1.82, 2.24) is 14.5 Å². The largest absolute Gasteiger partial charge is 0.439 e. The molecule has 1 unspecified atom stereocenters. The van der Waals surface area contributed by atoms with E-state index in [-0.39, 0.29) is 5.88 Å². The van der Waals surface area contributed by atoms with Crippen LogP contribution in [0.15, 0.2) is 53.5 Å². The Morgan fingerprint density at radius 1 is 1.19 bits per heavy atom. The second-order valence-corrected chi connectivity index (χ2v) is 6.46. The average Bonchev–Trinajstić information content (AvgIpc) is 3.01. The van der Waals surface area contributed by atoms with Crippen molar-refractivity contribution in [3.8, 4) is 11.6 Å². The number of imidazole rings is 1. The first kappa shape index (κ1) is 19.3. The predicted octanol–water partition coefficient (Wildman–Crippen LogP) is 4.72. The monoisotopic (exact) mass is 445 g/mol. The van der Waals surface area contributed by atoms with E-state index in [0.717, 1.165) is 27.8 Å². The van der Waals surface area contributed by atoms with Gasteiger partial charge in [0.2, 0.25) is 11.8 Å². The molecule has 1 N–H and O–H groups in total. The first-order valence-electron chi connectivity index (χ1n) is 7.58. The number of aliphatic hydroxyl groups excluding tert-OH is 1. The van der Waals surface area contributed by atoms with Crippen LogP contribution in [0.5, 0.6) is 11.6 Å². The lowest BCUT2D eigenvalue weighted by atomic mass is 10.0. The fourth-order valence-electron chi connectivity index (χ4n) is 2.36. The third-order valence-corrected chi connectivity index (χ3v) is 4.17. The predicted molar refractivity (Wildman–Crippen MR) is 90.6 cm³/mol. The Balaban J connectivity index is 1.90. The van der Waals surface area contributed by atoms with Crippen molar-refractivity contribution >= 4 is 15.9 Å². The van der Waals surface area contributed by atoms with Crippen molar-refractivity contribution < 1.29 is 27.4 Å². The van der Waals surface area contributed by atoms with E-state index in [1.807, 2.05) is 0 Å². The highest BCUT2D eigenvalue weighted by atomic mass is 79.9. The molecule has 3 rings (SSSR count). The first-order chi connectivity index (χ1) is 12.7. The maximum atomic E-state index is 13.4. The molecule has 0 aliphatic heterocycles. The summed E-state index contributed by atoms with van der Waals surface area (Å²) in [6.45, 7) is -0.441. The highest BCUT2D eigenvalue weighted by molar-refractivity contribution is 9.10. The normalized spacial score (nSPS) is 12.8. The van der Waals surface area contributed by atoms with Crippen LogP contribution in [0.1, 0.15) is 17.2 Å². The summed E-state index contributed by atoms with van der Waals surface area (Å²) < 4.78 is 60.8. The number of pyridine rings is 1. The third-order valence-electron chi connectivity index (χ3n) is 3.64. The number of benzene rings is 1.